The van der Waals surface area contributed by atoms with Gasteiger partial charge in [0.05, 0.1) is 17.6 Å². The van der Waals surface area contributed by atoms with Gasteiger partial charge in [-0.05, 0) is 12.8 Å². The number of anilines is 1. The first-order chi connectivity index (χ1) is 6.61. The Kier molecular flexibility index (Phi) is 2.22. The van der Waals surface area contributed by atoms with Crippen molar-refractivity contribution in [1.82, 2.24) is 5.16 Å². The topological polar surface area (TPSA) is 86.2 Å². The van der Waals surface area contributed by atoms with Crippen molar-refractivity contribution in [3.05, 3.63) is 12.0 Å². The Labute approximate surface area is 82.2 Å². The lowest BCUT2D eigenvalue weighted by Crippen LogP contribution is -2.21. The summed E-state index contributed by atoms with van der Waals surface area (Å²) in [7, 11) is -3.08. The summed E-state index contributed by atoms with van der Waals surface area (Å²) in [4.78, 5) is 0. The standard InChI is InChI=1S/C8H12N2O3S/c9-6-5-10-13-8(6)7-3-1-2-4-14(7,11)12/h5,7H,1-4,9H2. The van der Waals surface area contributed by atoms with E-state index in [4.69, 9.17) is 10.3 Å². The molecule has 14 heavy (non-hydrogen) atoms. The van der Waals surface area contributed by atoms with Crippen molar-refractivity contribution in [3.63, 3.8) is 0 Å². The minimum Gasteiger partial charge on any atom is -0.395 e. The molecule has 0 amide bonds. The highest BCUT2D eigenvalue weighted by molar-refractivity contribution is 7.91. The maximum atomic E-state index is 11.7. The average molecular weight is 216 g/mol. The average Bonchev–Trinajstić information content (AvgIpc) is 2.51. The maximum absolute atomic E-state index is 11.7. The predicted molar refractivity (Wildman–Crippen MR) is 51.3 cm³/mol. The summed E-state index contributed by atoms with van der Waals surface area (Å²) in [6, 6.07) is 0. The molecule has 1 fully saturated rings. The van der Waals surface area contributed by atoms with E-state index in [0.29, 0.717) is 17.9 Å². The van der Waals surface area contributed by atoms with Gasteiger partial charge in [-0.15, -0.1) is 0 Å². The lowest BCUT2D eigenvalue weighted by atomic mass is 10.1. The Morgan fingerprint density at radius 1 is 1.50 bits per heavy atom. The second-order valence-corrected chi connectivity index (χ2v) is 5.80. The van der Waals surface area contributed by atoms with Crippen LogP contribution in [-0.4, -0.2) is 19.3 Å². The Hall–Kier alpha value is -1.04. The highest BCUT2D eigenvalue weighted by Gasteiger charge is 2.34. The molecule has 2 rings (SSSR count). The van der Waals surface area contributed by atoms with Crippen molar-refractivity contribution in [2.75, 3.05) is 11.5 Å². The van der Waals surface area contributed by atoms with Gasteiger partial charge < -0.3 is 10.3 Å². The number of hydrogen-bond acceptors (Lipinski definition) is 5. The first-order valence-electron chi connectivity index (χ1n) is 4.53. The number of nitrogens with two attached hydrogens (primary N) is 1. The van der Waals surface area contributed by atoms with E-state index in [1.54, 1.807) is 0 Å². The van der Waals surface area contributed by atoms with Crippen molar-refractivity contribution in [3.8, 4) is 0 Å². The quantitative estimate of drug-likeness (QED) is 0.753. The predicted octanol–water partition coefficient (Wildman–Crippen LogP) is 0.897. The molecular weight excluding hydrogens is 204 g/mol. The molecule has 1 aromatic heterocycles. The number of rotatable bonds is 1. The zero-order valence-electron chi connectivity index (χ0n) is 7.64. The van der Waals surface area contributed by atoms with Crippen LogP contribution in [0.1, 0.15) is 30.3 Å². The van der Waals surface area contributed by atoms with Gasteiger partial charge in [-0.1, -0.05) is 11.6 Å². The summed E-state index contributed by atoms with van der Waals surface area (Å²) in [5.74, 6) is 0.530. The van der Waals surface area contributed by atoms with Crippen LogP contribution in [0, 0.1) is 0 Å². The summed E-state index contributed by atoms with van der Waals surface area (Å²) < 4.78 is 28.3. The molecule has 78 valence electrons. The van der Waals surface area contributed by atoms with E-state index in [1.165, 1.54) is 6.20 Å². The van der Waals surface area contributed by atoms with Crippen molar-refractivity contribution in [1.29, 1.82) is 0 Å². The third kappa shape index (κ3) is 1.50. The zero-order chi connectivity index (χ0) is 10.2. The molecule has 1 unspecified atom stereocenters. The zero-order valence-corrected chi connectivity index (χ0v) is 8.46. The van der Waals surface area contributed by atoms with E-state index in [2.05, 4.69) is 5.16 Å². The first-order valence-corrected chi connectivity index (χ1v) is 6.24. The molecule has 2 heterocycles. The van der Waals surface area contributed by atoms with Gasteiger partial charge >= 0.3 is 0 Å². The molecule has 0 aliphatic carbocycles. The summed E-state index contributed by atoms with van der Waals surface area (Å²) in [5.41, 5.74) is 5.91. The van der Waals surface area contributed by atoms with Crippen LogP contribution in [0.5, 0.6) is 0 Å². The summed E-state index contributed by atoms with van der Waals surface area (Å²) in [6.07, 6.45) is 3.55. The van der Waals surface area contributed by atoms with E-state index in [9.17, 15) is 8.42 Å². The molecule has 1 atom stereocenters. The fourth-order valence-electron chi connectivity index (χ4n) is 1.75. The van der Waals surface area contributed by atoms with Crippen LogP contribution in [-0.2, 0) is 9.84 Å². The number of nitrogens with zero attached hydrogens (tertiary/aromatic N) is 1. The van der Waals surface area contributed by atoms with Crippen LogP contribution in [0.2, 0.25) is 0 Å². The lowest BCUT2D eigenvalue weighted by molar-refractivity contribution is 0.370. The van der Waals surface area contributed by atoms with Crippen molar-refractivity contribution in [2.45, 2.75) is 24.5 Å². The van der Waals surface area contributed by atoms with Gasteiger partial charge in [0.1, 0.15) is 5.25 Å². The molecule has 6 heteroatoms. The molecule has 0 aromatic carbocycles. The number of nitrogen functional groups attached to an aromatic ring is 1. The normalized spacial score (nSPS) is 26.1. The van der Waals surface area contributed by atoms with Gasteiger partial charge in [-0.2, -0.15) is 0 Å². The van der Waals surface area contributed by atoms with E-state index in [1.807, 2.05) is 0 Å². The fourth-order valence-corrected chi connectivity index (χ4v) is 3.67. The van der Waals surface area contributed by atoms with Gasteiger partial charge in [0, 0.05) is 0 Å². The second-order valence-electron chi connectivity index (χ2n) is 3.50. The summed E-state index contributed by atoms with van der Waals surface area (Å²) in [5, 5.41) is 2.91. The van der Waals surface area contributed by atoms with Crippen LogP contribution in [0.3, 0.4) is 0 Å². The minimum atomic E-state index is -3.08. The Morgan fingerprint density at radius 2 is 2.29 bits per heavy atom. The monoisotopic (exact) mass is 216 g/mol. The van der Waals surface area contributed by atoms with E-state index in [0.717, 1.165) is 12.8 Å². The Balaban J connectivity index is 2.38. The van der Waals surface area contributed by atoms with Crippen LogP contribution >= 0.6 is 0 Å². The van der Waals surface area contributed by atoms with Crippen molar-refractivity contribution < 1.29 is 12.9 Å². The molecule has 1 aliphatic heterocycles. The molecule has 1 saturated heterocycles. The molecule has 5 nitrogen and oxygen atoms in total. The van der Waals surface area contributed by atoms with Gasteiger partial charge in [-0.25, -0.2) is 8.42 Å². The van der Waals surface area contributed by atoms with Gasteiger partial charge in [0.25, 0.3) is 0 Å². The van der Waals surface area contributed by atoms with Gasteiger partial charge in [0.15, 0.2) is 15.6 Å². The molecule has 0 spiro atoms. The summed E-state index contributed by atoms with van der Waals surface area (Å²) in [6.45, 7) is 0. The molecule has 0 radical (unpaired) electrons. The van der Waals surface area contributed by atoms with Crippen molar-refractivity contribution >= 4 is 15.5 Å². The Bertz CT molecular complexity index is 424. The largest absolute Gasteiger partial charge is 0.395 e. The fraction of sp³-hybridized carbons (Fsp3) is 0.625. The van der Waals surface area contributed by atoms with Gasteiger partial charge in [-0.3, -0.25) is 0 Å². The van der Waals surface area contributed by atoms with Crippen LogP contribution < -0.4 is 5.73 Å². The highest BCUT2D eigenvalue weighted by Crippen LogP contribution is 2.35. The molecular formula is C8H12N2O3S. The highest BCUT2D eigenvalue weighted by atomic mass is 32.2. The summed E-state index contributed by atoms with van der Waals surface area (Å²) >= 11 is 0. The van der Waals surface area contributed by atoms with Crippen LogP contribution in [0.25, 0.3) is 0 Å². The van der Waals surface area contributed by atoms with E-state index < -0.39 is 15.1 Å². The van der Waals surface area contributed by atoms with Crippen molar-refractivity contribution in [2.24, 2.45) is 0 Å². The number of aromatic nitrogens is 1. The van der Waals surface area contributed by atoms with Crippen LogP contribution in [0.4, 0.5) is 5.69 Å². The number of sulfone groups is 1. The van der Waals surface area contributed by atoms with Crippen LogP contribution in [0.15, 0.2) is 10.7 Å². The molecule has 0 saturated carbocycles. The first kappa shape index (κ1) is 9.51. The smallest absolute Gasteiger partial charge is 0.177 e. The van der Waals surface area contributed by atoms with Gasteiger partial charge in [0.2, 0.25) is 0 Å². The number of hydrogen-bond donors (Lipinski definition) is 1. The SMILES string of the molecule is Nc1cnoc1C1CCCCS1(=O)=O. The van der Waals surface area contributed by atoms with E-state index in [-0.39, 0.29) is 5.75 Å². The van der Waals surface area contributed by atoms with E-state index >= 15 is 0 Å². The maximum Gasteiger partial charge on any atom is 0.177 e. The molecule has 2 N–H and O–H groups in total. The molecule has 1 aliphatic rings. The molecule has 0 bridgehead atoms. The third-order valence-corrected chi connectivity index (χ3v) is 4.67. The lowest BCUT2D eigenvalue weighted by Gasteiger charge is -2.19. The second kappa shape index (κ2) is 3.27. The minimum absolute atomic E-state index is 0.220. The molecule has 1 aromatic rings. The third-order valence-electron chi connectivity index (χ3n) is 2.50. The Morgan fingerprint density at radius 3 is 2.86 bits per heavy atom.